The molecule has 0 aromatic heterocycles. The molecule has 6 heteroatoms. The average Bonchev–Trinajstić information content (AvgIpc) is 3.04. The molecular formula is C20H22FNO4. The molecule has 1 aliphatic rings. The van der Waals surface area contributed by atoms with Crippen molar-refractivity contribution in [2.24, 2.45) is 0 Å². The quantitative estimate of drug-likeness (QED) is 0.861. The minimum atomic E-state index is -1.12. The van der Waals surface area contributed by atoms with E-state index >= 15 is 0 Å². The van der Waals surface area contributed by atoms with Crippen LogP contribution in [0.1, 0.15) is 22.3 Å². The van der Waals surface area contributed by atoms with Crippen LogP contribution in [0.25, 0.3) is 0 Å². The molecule has 1 saturated heterocycles. The number of hydrogen-bond donors (Lipinski definition) is 1. The number of β-amino-alcohol motifs (C(OH)–C–C–N with tert-alkyl or cyclic N) is 1. The van der Waals surface area contributed by atoms with Gasteiger partial charge in [0.25, 0.3) is 5.91 Å². The van der Waals surface area contributed by atoms with Crippen molar-refractivity contribution in [2.75, 3.05) is 26.8 Å². The molecule has 0 aliphatic carbocycles. The zero-order valence-electron chi connectivity index (χ0n) is 14.7. The lowest BCUT2D eigenvalue weighted by molar-refractivity contribution is 0.00429. The molecule has 0 spiro atoms. The molecule has 1 N–H and O–H groups in total. The lowest BCUT2D eigenvalue weighted by Gasteiger charge is -2.23. The van der Waals surface area contributed by atoms with Crippen LogP contribution in [-0.2, 0) is 11.3 Å². The van der Waals surface area contributed by atoms with Gasteiger partial charge in [-0.2, -0.15) is 0 Å². The van der Waals surface area contributed by atoms with Crippen LogP contribution in [0, 0.1) is 5.82 Å². The van der Waals surface area contributed by atoms with Gasteiger partial charge in [0.15, 0.2) is 0 Å². The van der Waals surface area contributed by atoms with Gasteiger partial charge in [-0.3, -0.25) is 4.79 Å². The maximum Gasteiger partial charge on any atom is 0.253 e. The fourth-order valence-corrected chi connectivity index (χ4v) is 3.04. The fourth-order valence-electron chi connectivity index (χ4n) is 3.04. The van der Waals surface area contributed by atoms with Crippen molar-refractivity contribution in [3.05, 3.63) is 65.5 Å². The topological polar surface area (TPSA) is 59.0 Å². The van der Waals surface area contributed by atoms with Crippen LogP contribution in [0.4, 0.5) is 4.39 Å². The summed E-state index contributed by atoms with van der Waals surface area (Å²) in [4.78, 5) is 14.3. The number of aliphatic hydroxyl groups is 1. The van der Waals surface area contributed by atoms with E-state index in [9.17, 15) is 14.3 Å². The number of rotatable bonds is 6. The largest absolute Gasteiger partial charge is 0.491 e. The highest BCUT2D eigenvalue weighted by atomic mass is 19.1. The maximum atomic E-state index is 12.9. The summed E-state index contributed by atoms with van der Waals surface area (Å²) in [5.74, 6) is 0.0157. The highest BCUT2D eigenvalue weighted by Gasteiger charge is 2.39. The first-order valence-electron chi connectivity index (χ1n) is 8.47. The molecule has 138 valence electrons. The normalized spacial score (nSPS) is 19.6. The van der Waals surface area contributed by atoms with Crippen LogP contribution < -0.4 is 4.74 Å². The first-order valence-corrected chi connectivity index (χ1v) is 8.47. The van der Waals surface area contributed by atoms with E-state index in [4.69, 9.17) is 9.47 Å². The van der Waals surface area contributed by atoms with Crippen LogP contribution in [0.2, 0.25) is 0 Å². The van der Waals surface area contributed by atoms with E-state index in [1.54, 1.807) is 24.1 Å². The van der Waals surface area contributed by atoms with Gasteiger partial charge in [-0.15, -0.1) is 0 Å². The van der Waals surface area contributed by atoms with Crippen molar-refractivity contribution in [3.63, 3.8) is 0 Å². The van der Waals surface area contributed by atoms with Crippen LogP contribution in [0.5, 0.6) is 5.75 Å². The highest BCUT2D eigenvalue weighted by molar-refractivity contribution is 5.94. The Morgan fingerprint density at radius 1 is 1.27 bits per heavy atom. The predicted octanol–water partition coefficient (Wildman–Crippen LogP) is 2.63. The maximum absolute atomic E-state index is 12.9. The number of nitrogens with zero attached hydrogens (tertiary/aromatic N) is 1. The number of carbonyl (C=O) groups is 1. The second-order valence-corrected chi connectivity index (χ2v) is 6.58. The Kier molecular flexibility index (Phi) is 5.54. The average molecular weight is 359 g/mol. The molecule has 1 aliphatic heterocycles. The molecule has 0 bridgehead atoms. The van der Waals surface area contributed by atoms with Crippen LogP contribution in [0.15, 0.2) is 48.5 Å². The molecule has 1 unspecified atom stereocenters. The molecule has 2 aromatic carbocycles. The van der Waals surface area contributed by atoms with Gasteiger partial charge < -0.3 is 19.5 Å². The molecule has 1 heterocycles. The van der Waals surface area contributed by atoms with Gasteiger partial charge >= 0.3 is 0 Å². The number of ether oxygens (including phenoxy) is 2. The van der Waals surface area contributed by atoms with Crippen molar-refractivity contribution < 1.29 is 23.8 Å². The number of hydrogen-bond acceptors (Lipinski definition) is 4. The van der Waals surface area contributed by atoms with E-state index in [0.717, 1.165) is 5.56 Å². The third-order valence-electron chi connectivity index (χ3n) is 4.43. The number of likely N-dealkylation sites (tertiary alicyclic amines) is 1. The second kappa shape index (κ2) is 7.85. The summed E-state index contributed by atoms with van der Waals surface area (Å²) in [6.07, 6.45) is 0.428. The Morgan fingerprint density at radius 2 is 2.04 bits per heavy atom. The summed E-state index contributed by atoms with van der Waals surface area (Å²) in [7, 11) is 1.61. The lowest BCUT2D eigenvalue weighted by atomic mass is 10.1. The summed E-state index contributed by atoms with van der Waals surface area (Å²) in [5, 5.41) is 10.7. The van der Waals surface area contributed by atoms with Crippen molar-refractivity contribution in [3.8, 4) is 5.75 Å². The van der Waals surface area contributed by atoms with Gasteiger partial charge in [-0.05, 0) is 48.4 Å². The molecule has 2 aromatic rings. The van der Waals surface area contributed by atoms with Gasteiger partial charge in [-0.1, -0.05) is 12.1 Å². The third kappa shape index (κ3) is 4.39. The van der Waals surface area contributed by atoms with Gasteiger partial charge in [-0.25, -0.2) is 4.39 Å². The zero-order chi connectivity index (χ0) is 18.6. The predicted molar refractivity (Wildman–Crippen MR) is 94.5 cm³/mol. The molecule has 1 fully saturated rings. The minimum Gasteiger partial charge on any atom is -0.491 e. The SMILES string of the molecule is COCc1cccc(C(=O)N2CCC(O)(COc3ccc(F)cc3)C2)c1. The molecule has 0 saturated carbocycles. The standard InChI is InChI=1S/C20H22FNO4/c1-25-12-15-3-2-4-16(11-15)19(23)22-10-9-20(24,13-22)14-26-18-7-5-17(21)6-8-18/h2-8,11,24H,9-10,12-14H2,1H3. The summed E-state index contributed by atoms with van der Waals surface area (Å²) in [5.41, 5.74) is 0.379. The monoisotopic (exact) mass is 359 g/mol. The Balaban J connectivity index is 1.60. The van der Waals surface area contributed by atoms with Crippen LogP contribution in [0.3, 0.4) is 0 Å². The summed E-state index contributed by atoms with van der Waals surface area (Å²) < 4.78 is 23.6. The summed E-state index contributed by atoms with van der Waals surface area (Å²) >= 11 is 0. The van der Waals surface area contributed by atoms with Gasteiger partial charge in [0, 0.05) is 19.2 Å². The first kappa shape index (κ1) is 18.4. The van der Waals surface area contributed by atoms with Crippen LogP contribution in [-0.4, -0.2) is 48.3 Å². The molecule has 3 rings (SSSR count). The van der Waals surface area contributed by atoms with Crippen LogP contribution >= 0.6 is 0 Å². The number of methoxy groups -OCH3 is 1. The van der Waals surface area contributed by atoms with E-state index in [1.807, 2.05) is 12.1 Å². The number of benzene rings is 2. The molecule has 0 radical (unpaired) electrons. The number of amides is 1. The Labute approximate surface area is 152 Å². The van der Waals surface area contributed by atoms with E-state index in [0.29, 0.717) is 30.9 Å². The second-order valence-electron chi connectivity index (χ2n) is 6.58. The van der Waals surface area contributed by atoms with Gasteiger partial charge in [0.2, 0.25) is 0 Å². The van der Waals surface area contributed by atoms with Gasteiger partial charge in [0.05, 0.1) is 13.2 Å². The highest BCUT2D eigenvalue weighted by Crippen LogP contribution is 2.25. The minimum absolute atomic E-state index is 0.0477. The smallest absolute Gasteiger partial charge is 0.253 e. The zero-order valence-corrected chi connectivity index (χ0v) is 14.7. The molecule has 5 nitrogen and oxygen atoms in total. The summed E-state index contributed by atoms with van der Waals surface area (Å²) in [6.45, 7) is 1.14. The van der Waals surface area contributed by atoms with E-state index in [1.165, 1.54) is 24.3 Å². The van der Waals surface area contributed by atoms with Gasteiger partial charge in [0.1, 0.15) is 23.8 Å². The fraction of sp³-hybridized carbons (Fsp3) is 0.350. The van der Waals surface area contributed by atoms with E-state index in [-0.39, 0.29) is 24.9 Å². The first-order chi connectivity index (χ1) is 12.5. The Morgan fingerprint density at radius 3 is 2.77 bits per heavy atom. The van der Waals surface area contributed by atoms with E-state index in [2.05, 4.69) is 0 Å². The Bertz CT molecular complexity index is 765. The Hall–Kier alpha value is -2.44. The molecule has 1 amide bonds. The van der Waals surface area contributed by atoms with Crippen molar-refractivity contribution in [1.82, 2.24) is 4.90 Å². The third-order valence-corrected chi connectivity index (χ3v) is 4.43. The van der Waals surface area contributed by atoms with Crippen molar-refractivity contribution in [1.29, 1.82) is 0 Å². The number of halogens is 1. The van der Waals surface area contributed by atoms with E-state index < -0.39 is 5.60 Å². The van der Waals surface area contributed by atoms with Crippen molar-refractivity contribution >= 4 is 5.91 Å². The molecular weight excluding hydrogens is 337 g/mol. The number of carbonyl (C=O) groups excluding carboxylic acids is 1. The molecule has 1 atom stereocenters. The van der Waals surface area contributed by atoms with Crippen molar-refractivity contribution in [2.45, 2.75) is 18.6 Å². The molecule has 26 heavy (non-hydrogen) atoms. The lowest BCUT2D eigenvalue weighted by Crippen LogP contribution is -2.40. The summed E-state index contributed by atoms with van der Waals surface area (Å²) in [6, 6.07) is 12.9.